The zero-order valence-corrected chi connectivity index (χ0v) is 14.1. The Balaban J connectivity index is 2.31. The second kappa shape index (κ2) is 7.05. The molecule has 0 fully saturated rings. The van der Waals surface area contributed by atoms with Gasteiger partial charge in [0.25, 0.3) is 0 Å². The number of nitrogens with one attached hydrogen (secondary N) is 1. The first kappa shape index (κ1) is 16.0. The predicted molar refractivity (Wildman–Crippen MR) is 90.1 cm³/mol. The highest BCUT2D eigenvalue weighted by Gasteiger charge is 2.17. The lowest BCUT2D eigenvalue weighted by atomic mass is 10.0. The number of halogens is 2. The summed E-state index contributed by atoms with van der Waals surface area (Å²) in [5.41, 5.74) is 2.80. The Morgan fingerprint density at radius 1 is 1.24 bits per heavy atom. The summed E-state index contributed by atoms with van der Waals surface area (Å²) in [6.07, 6.45) is 0. The van der Waals surface area contributed by atoms with Gasteiger partial charge in [-0.05, 0) is 43.8 Å². The molecule has 21 heavy (non-hydrogen) atoms. The average Bonchev–Trinajstić information content (AvgIpc) is 2.46. The van der Waals surface area contributed by atoms with Gasteiger partial charge in [0.05, 0.1) is 0 Å². The largest absolute Gasteiger partial charge is 0.370 e. The lowest BCUT2D eigenvalue weighted by Crippen LogP contribution is -2.22. The van der Waals surface area contributed by atoms with Crippen LogP contribution in [0, 0.1) is 5.82 Å². The van der Waals surface area contributed by atoms with Crippen LogP contribution in [0.2, 0.25) is 0 Å². The summed E-state index contributed by atoms with van der Waals surface area (Å²) in [7, 11) is 3.83. The van der Waals surface area contributed by atoms with Crippen molar-refractivity contribution >= 4 is 21.6 Å². The van der Waals surface area contributed by atoms with E-state index in [1.54, 1.807) is 6.07 Å². The molecule has 4 heteroatoms. The molecule has 0 saturated carbocycles. The van der Waals surface area contributed by atoms with Gasteiger partial charge in [-0.15, -0.1) is 0 Å². The smallest absolute Gasteiger partial charge is 0.130 e. The van der Waals surface area contributed by atoms with Gasteiger partial charge in [-0.3, -0.25) is 0 Å². The molecule has 0 aliphatic carbocycles. The van der Waals surface area contributed by atoms with E-state index in [1.165, 1.54) is 11.6 Å². The van der Waals surface area contributed by atoms with Crippen molar-refractivity contribution in [1.29, 1.82) is 0 Å². The fourth-order valence-electron chi connectivity index (χ4n) is 2.43. The summed E-state index contributed by atoms with van der Waals surface area (Å²) < 4.78 is 15.2. The normalized spacial score (nSPS) is 12.2. The van der Waals surface area contributed by atoms with E-state index in [0.29, 0.717) is 5.56 Å². The van der Waals surface area contributed by atoms with Gasteiger partial charge < -0.3 is 10.2 Å². The van der Waals surface area contributed by atoms with Crippen LogP contribution in [-0.2, 0) is 6.54 Å². The standard InChI is InChI=1S/C17H20BrFN2/c1-12(20-2)17-15(19)8-5-9-16(17)21(3)11-13-6-4-7-14(18)10-13/h4-10,12,20H,11H2,1-3H3. The maximum atomic E-state index is 14.2. The highest BCUT2D eigenvalue weighted by Crippen LogP contribution is 2.29. The van der Waals surface area contributed by atoms with Gasteiger partial charge in [0.15, 0.2) is 0 Å². The molecule has 1 atom stereocenters. The van der Waals surface area contributed by atoms with Crippen molar-refractivity contribution in [3.63, 3.8) is 0 Å². The number of anilines is 1. The van der Waals surface area contributed by atoms with Gasteiger partial charge in [-0.2, -0.15) is 0 Å². The highest BCUT2D eigenvalue weighted by molar-refractivity contribution is 9.10. The zero-order chi connectivity index (χ0) is 15.4. The summed E-state index contributed by atoms with van der Waals surface area (Å²) >= 11 is 3.48. The minimum Gasteiger partial charge on any atom is -0.370 e. The minimum absolute atomic E-state index is 0.0360. The summed E-state index contributed by atoms with van der Waals surface area (Å²) in [6.45, 7) is 2.70. The second-order valence-corrected chi connectivity index (χ2v) is 6.08. The van der Waals surface area contributed by atoms with Crippen molar-refractivity contribution in [3.05, 3.63) is 63.9 Å². The molecular weight excluding hydrogens is 331 g/mol. The van der Waals surface area contributed by atoms with Crippen LogP contribution in [0.3, 0.4) is 0 Å². The van der Waals surface area contributed by atoms with Crippen LogP contribution in [0.4, 0.5) is 10.1 Å². The Morgan fingerprint density at radius 3 is 2.62 bits per heavy atom. The van der Waals surface area contributed by atoms with E-state index in [0.717, 1.165) is 16.7 Å². The van der Waals surface area contributed by atoms with Gasteiger partial charge in [-0.25, -0.2) is 4.39 Å². The molecule has 2 rings (SSSR count). The molecule has 1 N–H and O–H groups in total. The number of rotatable bonds is 5. The second-order valence-electron chi connectivity index (χ2n) is 5.17. The summed E-state index contributed by atoms with van der Waals surface area (Å²) in [4.78, 5) is 2.08. The molecule has 0 aromatic heterocycles. The first-order valence-electron chi connectivity index (χ1n) is 6.94. The molecule has 0 spiro atoms. The Labute approximate surface area is 134 Å². The van der Waals surface area contributed by atoms with Gasteiger partial charge >= 0.3 is 0 Å². The van der Waals surface area contributed by atoms with E-state index in [1.807, 2.05) is 39.2 Å². The van der Waals surface area contributed by atoms with Crippen molar-refractivity contribution in [2.75, 3.05) is 19.0 Å². The van der Waals surface area contributed by atoms with Crippen LogP contribution in [0.5, 0.6) is 0 Å². The number of nitrogens with zero attached hydrogens (tertiary/aromatic N) is 1. The summed E-state index contributed by atoms with van der Waals surface area (Å²) in [6, 6.07) is 13.4. The molecule has 0 aliphatic heterocycles. The maximum absolute atomic E-state index is 14.2. The molecule has 0 heterocycles. The Bertz CT molecular complexity index is 615. The van der Waals surface area contributed by atoms with Gasteiger partial charge in [0, 0.05) is 35.4 Å². The van der Waals surface area contributed by atoms with Gasteiger partial charge in [-0.1, -0.05) is 34.1 Å². The third-order valence-corrected chi connectivity index (χ3v) is 4.11. The van der Waals surface area contributed by atoms with Crippen LogP contribution >= 0.6 is 15.9 Å². The van der Waals surface area contributed by atoms with E-state index >= 15 is 0 Å². The minimum atomic E-state index is -0.171. The van der Waals surface area contributed by atoms with E-state index in [4.69, 9.17) is 0 Å². The topological polar surface area (TPSA) is 15.3 Å². The molecule has 2 aromatic carbocycles. The predicted octanol–water partition coefficient (Wildman–Crippen LogP) is 4.51. The number of hydrogen-bond donors (Lipinski definition) is 1. The van der Waals surface area contributed by atoms with Crippen molar-refractivity contribution in [2.45, 2.75) is 19.5 Å². The van der Waals surface area contributed by atoms with Crippen molar-refractivity contribution in [3.8, 4) is 0 Å². The Kier molecular flexibility index (Phi) is 5.37. The molecule has 2 aromatic rings. The zero-order valence-electron chi connectivity index (χ0n) is 12.5. The molecule has 0 aliphatic rings. The molecule has 112 valence electrons. The average molecular weight is 351 g/mol. The quantitative estimate of drug-likeness (QED) is 0.853. The molecule has 0 radical (unpaired) electrons. The first-order valence-corrected chi connectivity index (χ1v) is 7.73. The fourth-order valence-corrected chi connectivity index (χ4v) is 2.87. The summed E-state index contributed by atoms with van der Waals surface area (Å²) in [5.74, 6) is -0.171. The van der Waals surface area contributed by atoms with Crippen LogP contribution in [0.15, 0.2) is 46.9 Å². The molecule has 0 amide bonds. The van der Waals surface area contributed by atoms with Crippen LogP contribution < -0.4 is 10.2 Å². The maximum Gasteiger partial charge on any atom is 0.130 e. The van der Waals surface area contributed by atoms with E-state index in [-0.39, 0.29) is 11.9 Å². The van der Waals surface area contributed by atoms with E-state index in [2.05, 4.69) is 38.3 Å². The number of benzene rings is 2. The van der Waals surface area contributed by atoms with Crippen LogP contribution in [-0.4, -0.2) is 14.1 Å². The molecule has 1 unspecified atom stereocenters. The lowest BCUT2D eigenvalue weighted by molar-refractivity contribution is 0.560. The third-order valence-electron chi connectivity index (χ3n) is 3.62. The monoisotopic (exact) mass is 350 g/mol. The van der Waals surface area contributed by atoms with Crippen molar-refractivity contribution in [1.82, 2.24) is 5.32 Å². The highest BCUT2D eigenvalue weighted by atomic mass is 79.9. The van der Waals surface area contributed by atoms with Crippen molar-refractivity contribution in [2.24, 2.45) is 0 Å². The Morgan fingerprint density at radius 2 is 1.95 bits per heavy atom. The van der Waals surface area contributed by atoms with Crippen molar-refractivity contribution < 1.29 is 4.39 Å². The van der Waals surface area contributed by atoms with Gasteiger partial charge in [0.1, 0.15) is 5.82 Å². The molecule has 0 saturated heterocycles. The number of hydrogen-bond acceptors (Lipinski definition) is 2. The van der Waals surface area contributed by atoms with Gasteiger partial charge in [0.2, 0.25) is 0 Å². The molecular formula is C17H20BrFN2. The van der Waals surface area contributed by atoms with E-state index < -0.39 is 0 Å². The summed E-state index contributed by atoms with van der Waals surface area (Å²) in [5, 5.41) is 3.12. The molecule has 2 nitrogen and oxygen atoms in total. The lowest BCUT2D eigenvalue weighted by Gasteiger charge is -2.25. The van der Waals surface area contributed by atoms with E-state index in [9.17, 15) is 4.39 Å². The first-order chi connectivity index (χ1) is 10.0. The fraction of sp³-hybridized carbons (Fsp3) is 0.294. The third kappa shape index (κ3) is 3.83. The van der Waals surface area contributed by atoms with Crippen LogP contribution in [0.25, 0.3) is 0 Å². The SMILES string of the molecule is CNC(C)c1c(F)cccc1N(C)Cc1cccc(Br)c1. The molecule has 0 bridgehead atoms. The van der Waals surface area contributed by atoms with Crippen LogP contribution in [0.1, 0.15) is 24.1 Å². The Hall–Kier alpha value is -1.39.